The van der Waals surface area contributed by atoms with Crippen LogP contribution in [-0.2, 0) is 10.5 Å². The van der Waals surface area contributed by atoms with Crippen LogP contribution in [0.5, 0.6) is 5.75 Å². The number of hydrogen-bond donors (Lipinski definition) is 1. The maximum atomic E-state index is 13.2. The summed E-state index contributed by atoms with van der Waals surface area (Å²) in [4.78, 5) is 16.2. The fourth-order valence-corrected chi connectivity index (χ4v) is 4.84. The van der Waals surface area contributed by atoms with Crippen molar-refractivity contribution in [3.8, 4) is 11.8 Å². The van der Waals surface area contributed by atoms with Gasteiger partial charge in [-0.3, -0.25) is 4.79 Å². The van der Waals surface area contributed by atoms with Crippen molar-refractivity contribution < 1.29 is 18.3 Å². The molecule has 3 rings (SSSR count). The Labute approximate surface area is 204 Å². The summed E-state index contributed by atoms with van der Waals surface area (Å²) in [6, 6.07) is 8.50. The molecule has 0 radical (unpaired) electrons. The average molecular weight is 513 g/mol. The van der Waals surface area contributed by atoms with Gasteiger partial charge < -0.3 is 4.74 Å². The number of aryl methyl sites for hydroxylation is 1. The first-order valence-electron chi connectivity index (χ1n) is 9.73. The standard InChI is InChI=1S/C22H20Cl2F2N4O2S/c1-12-6-16(18(25)26)29-19(15(12)8-27)33-10-14-7-13(4-5-17(14)32-3)9-28-30-20(31)21(2)11-22(21,23)24/h4-7,9,18H,10-11H2,1-3H3,(H,30,31)/b28-9-/t21-/m0/s1. The van der Waals surface area contributed by atoms with Crippen LogP contribution < -0.4 is 10.2 Å². The van der Waals surface area contributed by atoms with Crippen LogP contribution in [0.3, 0.4) is 0 Å². The summed E-state index contributed by atoms with van der Waals surface area (Å²) in [7, 11) is 1.51. The largest absolute Gasteiger partial charge is 0.496 e. The van der Waals surface area contributed by atoms with E-state index in [4.69, 9.17) is 27.9 Å². The maximum absolute atomic E-state index is 13.2. The fourth-order valence-electron chi connectivity index (χ4n) is 3.09. The molecule has 1 aliphatic carbocycles. The molecule has 1 heterocycles. The van der Waals surface area contributed by atoms with Gasteiger partial charge in [-0.15, -0.1) is 35.0 Å². The van der Waals surface area contributed by atoms with Crippen molar-refractivity contribution in [2.75, 3.05) is 7.11 Å². The number of thioether (sulfide) groups is 1. The molecular formula is C22H20Cl2F2N4O2S. The molecule has 1 fully saturated rings. The summed E-state index contributed by atoms with van der Waals surface area (Å²) in [5.74, 6) is 0.505. The molecular weight excluding hydrogens is 493 g/mol. The van der Waals surface area contributed by atoms with Crippen LogP contribution in [0.2, 0.25) is 0 Å². The van der Waals surface area contributed by atoms with Gasteiger partial charge in [-0.25, -0.2) is 19.2 Å². The van der Waals surface area contributed by atoms with Crippen LogP contribution in [0.1, 0.15) is 47.7 Å². The number of aromatic nitrogens is 1. The van der Waals surface area contributed by atoms with Gasteiger partial charge in [0.15, 0.2) is 0 Å². The normalized spacial score (nSPS) is 18.9. The lowest BCUT2D eigenvalue weighted by Gasteiger charge is -2.12. The highest BCUT2D eigenvalue weighted by atomic mass is 35.5. The number of halogens is 4. The molecule has 174 valence electrons. The first kappa shape index (κ1) is 25.2. The minimum Gasteiger partial charge on any atom is -0.496 e. The third kappa shape index (κ3) is 5.40. The van der Waals surface area contributed by atoms with Crippen molar-refractivity contribution >= 4 is 47.1 Å². The van der Waals surface area contributed by atoms with Gasteiger partial charge in [0.2, 0.25) is 5.91 Å². The molecule has 0 unspecified atom stereocenters. The molecule has 1 aromatic carbocycles. The summed E-state index contributed by atoms with van der Waals surface area (Å²) < 4.78 is 30.6. The summed E-state index contributed by atoms with van der Waals surface area (Å²) in [6.45, 7) is 3.26. The number of nitrogens with zero attached hydrogens (tertiary/aromatic N) is 3. The molecule has 0 bridgehead atoms. The van der Waals surface area contributed by atoms with Gasteiger partial charge in [0, 0.05) is 11.3 Å². The Morgan fingerprint density at radius 1 is 1.45 bits per heavy atom. The number of rotatable bonds is 8. The van der Waals surface area contributed by atoms with Gasteiger partial charge in [0.1, 0.15) is 26.9 Å². The molecule has 0 aliphatic heterocycles. The minimum atomic E-state index is -2.74. The molecule has 2 aromatic rings. The topological polar surface area (TPSA) is 87.4 Å². The minimum absolute atomic E-state index is 0.226. The van der Waals surface area contributed by atoms with Crippen LogP contribution in [0.25, 0.3) is 0 Å². The van der Waals surface area contributed by atoms with Crippen molar-refractivity contribution in [2.45, 2.75) is 41.8 Å². The second kappa shape index (κ2) is 9.84. The zero-order valence-corrected chi connectivity index (χ0v) is 20.3. The Morgan fingerprint density at radius 2 is 2.15 bits per heavy atom. The molecule has 6 nitrogen and oxygen atoms in total. The summed E-state index contributed by atoms with van der Waals surface area (Å²) in [6.07, 6.45) is -0.929. The van der Waals surface area contributed by atoms with E-state index in [1.807, 2.05) is 6.07 Å². The highest BCUT2D eigenvalue weighted by molar-refractivity contribution is 7.98. The molecule has 1 saturated carbocycles. The molecule has 1 aliphatic rings. The number of ether oxygens (including phenoxy) is 1. The number of hydrazone groups is 1. The van der Waals surface area contributed by atoms with Gasteiger partial charge in [0.05, 0.1) is 24.3 Å². The molecule has 1 amide bonds. The fraction of sp³-hybridized carbons (Fsp3) is 0.364. The third-order valence-corrected chi connectivity index (χ3v) is 7.47. The summed E-state index contributed by atoms with van der Waals surface area (Å²) in [5.41, 5.74) is 3.28. The van der Waals surface area contributed by atoms with E-state index in [0.717, 1.165) is 17.3 Å². The predicted molar refractivity (Wildman–Crippen MR) is 124 cm³/mol. The highest BCUT2D eigenvalue weighted by Crippen LogP contribution is 2.63. The lowest BCUT2D eigenvalue weighted by molar-refractivity contribution is -0.125. The molecule has 1 atom stereocenters. The Kier molecular flexibility index (Phi) is 7.52. The number of carbonyl (C=O) groups is 1. The van der Waals surface area contributed by atoms with Gasteiger partial charge >= 0.3 is 0 Å². The summed E-state index contributed by atoms with van der Waals surface area (Å²) in [5, 5.41) is 13.6. The maximum Gasteiger partial charge on any atom is 0.280 e. The molecule has 0 spiro atoms. The number of carbonyl (C=O) groups excluding carboxylic acids is 1. The van der Waals surface area contributed by atoms with Crippen molar-refractivity contribution in [3.63, 3.8) is 0 Å². The van der Waals surface area contributed by atoms with E-state index >= 15 is 0 Å². The average Bonchev–Trinajstić information content (AvgIpc) is 3.30. The monoisotopic (exact) mass is 512 g/mol. The number of pyridine rings is 1. The highest BCUT2D eigenvalue weighted by Gasteiger charge is 2.68. The molecule has 11 heteroatoms. The van der Waals surface area contributed by atoms with Crippen LogP contribution in [0.15, 0.2) is 34.4 Å². The molecule has 1 N–H and O–H groups in total. The van der Waals surface area contributed by atoms with Crippen molar-refractivity contribution in [1.29, 1.82) is 5.26 Å². The van der Waals surface area contributed by atoms with Gasteiger partial charge in [-0.2, -0.15) is 10.4 Å². The second-order valence-corrected chi connectivity index (χ2v) is 10.2. The van der Waals surface area contributed by atoms with E-state index in [9.17, 15) is 18.8 Å². The predicted octanol–water partition coefficient (Wildman–Crippen LogP) is 5.53. The van der Waals surface area contributed by atoms with Crippen LogP contribution in [0.4, 0.5) is 8.78 Å². The van der Waals surface area contributed by atoms with E-state index in [0.29, 0.717) is 29.1 Å². The van der Waals surface area contributed by atoms with E-state index in [-0.39, 0.29) is 22.2 Å². The Bertz CT molecular complexity index is 1150. The number of methoxy groups -OCH3 is 1. The third-order valence-electron chi connectivity index (χ3n) is 5.35. The van der Waals surface area contributed by atoms with Gasteiger partial charge in [-0.05, 0) is 55.7 Å². The lowest BCUT2D eigenvalue weighted by atomic mass is 10.1. The summed E-state index contributed by atoms with van der Waals surface area (Å²) >= 11 is 13.2. The number of alkyl halides is 4. The van der Waals surface area contributed by atoms with E-state index < -0.39 is 16.2 Å². The molecule has 1 aromatic heterocycles. The second-order valence-electron chi connectivity index (χ2n) is 7.73. The lowest BCUT2D eigenvalue weighted by Crippen LogP contribution is -2.29. The van der Waals surface area contributed by atoms with Crippen molar-refractivity contribution in [3.05, 3.63) is 52.2 Å². The number of amides is 1. The quantitative estimate of drug-likeness (QED) is 0.217. The number of benzene rings is 1. The zero-order valence-electron chi connectivity index (χ0n) is 18.0. The first-order valence-corrected chi connectivity index (χ1v) is 11.5. The van der Waals surface area contributed by atoms with Gasteiger partial charge in [0.25, 0.3) is 6.43 Å². The number of nitriles is 1. The molecule has 0 saturated heterocycles. The Balaban J connectivity index is 1.76. The van der Waals surface area contributed by atoms with E-state index in [1.54, 1.807) is 32.0 Å². The van der Waals surface area contributed by atoms with E-state index in [2.05, 4.69) is 15.5 Å². The number of hydrogen-bond acceptors (Lipinski definition) is 6. The molecule has 33 heavy (non-hydrogen) atoms. The van der Waals surface area contributed by atoms with Gasteiger partial charge in [-0.1, -0.05) is 0 Å². The number of nitrogens with one attached hydrogen (secondary N) is 1. The SMILES string of the molecule is COc1ccc(/C=N\NC(=O)[C@]2(C)CC2(Cl)Cl)cc1CSc1nc(C(F)F)cc(C)c1C#N. The van der Waals surface area contributed by atoms with E-state index in [1.165, 1.54) is 19.4 Å². The van der Waals surface area contributed by atoms with Crippen molar-refractivity contribution in [1.82, 2.24) is 10.4 Å². The van der Waals surface area contributed by atoms with Crippen LogP contribution in [0, 0.1) is 23.7 Å². The zero-order chi connectivity index (χ0) is 24.4. The smallest absolute Gasteiger partial charge is 0.280 e. The van der Waals surface area contributed by atoms with Crippen LogP contribution in [-0.4, -0.2) is 28.5 Å². The Hall–Kier alpha value is -2.41. The first-order chi connectivity index (χ1) is 15.5. The van der Waals surface area contributed by atoms with Crippen molar-refractivity contribution in [2.24, 2.45) is 10.5 Å². The van der Waals surface area contributed by atoms with Crippen LogP contribution >= 0.6 is 35.0 Å². The Morgan fingerprint density at radius 3 is 2.73 bits per heavy atom.